The van der Waals surface area contributed by atoms with Crippen LogP contribution in [0.3, 0.4) is 0 Å². The van der Waals surface area contributed by atoms with Gasteiger partial charge in [-0.1, -0.05) is 6.07 Å². The first kappa shape index (κ1) is 13.4. The molecule has 1 unspecified atom stereocenters. The topological polar surface area (TPSA) is 69.6 Å². The maximum Gasteiger partial charge on any atom is 0.254 e. The fraction of sp³-hybridized carbons (Fsp3) is 0.429. The normalized spacial score (nSPS) is 19.0. The van der Waals surface area contributed by atoms with Crippen LogP contribution in [0.1, 0.15) is 23.2 Å². The van der Waals surface area contributed by atoms with Crippen molar-refractivity contribution in [1.82, 2.24) is 10.2 Å². The van der Waals surface area contributed by atoms with Gasteiger partial charge in [0.1, 0.15) is 5.75 Å². The van der Waals surface area contributed by atoms with Gasteiger partial charge in [-0.05, 0) is 31.0 Å². The monoisotopic (exact) mass is 262 g/mol. The molecule has 0 aromatic heterocycles. The number of benzene rings is 1. The molecule has 5 nitrogen and oxygen atoms in total. The van der Waals surface area contributed by atoms with Crippen LogP contribution < -0.4 is 5.32 Å². The van der Waals surface area contributed by atoms with E-state index in [1.807, 2.05) is 0 Å². The van der Waals surface area contributed by atoms with Gasteiger partial charge in [-0.25, -0.2) is 0 Å². The second-order valence-electron chi connectivity index (χ2n) is 4.75. The minimum absolute atomic E-state index is 0.0200. The second kappa shape index (κ2) is 5.73. The second-order valence-corrected chi connectivity index (χ2v) is 4.75. The van der Waals surface area contributed by atoms with Crippen molar-refractivity contribution in [2.75, 3.05) is 20.1 Å². The van der Waals surface area contributed by atoms with Crippen LogP contribution >= 0.6 is 0 Å². The van der Waals surface area contributed by atoms with E-state index in [1.165, 1.54) is 12.1 Å². The quantitative estimate of drug-likeness (QED) is 0.835. The molecule has 102 valence electrons. The molecular formula is C14H18N2O3. The lowest BCUT2D eigenvalue weighted by Crippen LogP contribution is -2.44. The Morgan fingerprint density at radius 1 is 1.42 bits per heavy atom. The molecule has 1 fully saturated rings. The highest BCUT2D eigenvalue weighted by Gasteiger charge is 2.28. The van der Waals surface area contributed by atoms with E-state index in [2.05, 4.69) is 5.32 Å². The number of rotatable bonds is 2. The number of carbonyl (C=O) groups is 2. The van der Waals surface area contributed by atoms with Crippen molar-refractivity contribution in [1.29, 1.82) is 0 Å². The third-order valence-electron chi connectivity index (χ3n) is 3.42. The van der Waals surface area contributed by atoms with Crippen LogP contribution in [0.2, 0.25) is 0 Å². The van der Waals surface area contributed by atoms with Gasteiger partial charge in [-0.2, -0.15) is 0 Å². The fourth-order valence-electron chi connectivity index (χ4n) is 2.40. The van der Waals surface area contributed by atoms with Crippen LogP contribution in [0.5, 0.6) is 5.75 Å². The van der Waals surface area contributed by atoms with Gasteiger partial charge in [0, 0.05) is 25.7 Å². The van der Waals surface area contributed by atoms with Crippen LogP contribution in [-0.4, -0.2) is 42.0 Å². The lowest BCUT2D eigenvalue weighted by atomic mass is 9.96. The highest BCUT2D eigenvalue weighted by molar-refractivity contribution is 5.95. The molecule has 2 rings (SSSR count). The molecule has 19 heavy (non-hydrogen) atoms. The smallest absolute Gasteiger partial charge is 0.254 e. The van der Waals surface area contributed by atoms with E-state index in [4.69, 9.17) is 0 Å². The van der Waals surface area contributed by atoms with Gasteiger partial charge >= 0.3 is 0 Å². The zero-order chi connectivity index (χ0) is 13.8. The van der Waals surface area contributed by atoms with Gasteiger partial charge in [0.05, 0.1) is 5.92 Å². The molecule has 5 heteroatoms. The maximum atomic E-state index is 12.3. The molecular weight excluding hydrogens is 244 g/mol. The number of aromatic hydroxyl groups is 1. The molecule has 2 N–H and O–H groups in total. The summed E-state index contributed by atoms with van der Waals surface area (Å²) in [6, 6.07) is 6.29. The third kappa shape index (κ3) is 3.05. The number of nitrogens with one attached hydrogen (secondary N) is 1. The summed E-state index contributed by atoms with van der Waals surface area (Å²) >= 11 is 0. The Bertz CT molecular complexity index is 487. The average Bonchev–Trinajstić information content (AvgIpc) is 2.45. The molecule has 1 saturated heterocycles. The Hall–Kier alpha value is -2.04. The molecule has 1 atom stereocenters. The molecule has 1 aromatic carbocycles. The van der Waals surface area contributed by atoms with Crippen molar-refractivity contribution in [3.05, 3.63) is 29.8 Å². The van der Waals surface area contributed by atoms with E-state index < -0.39 is 0 Å². The molecule has 1 aliphatic rings. The van der Waals surface area contributed by atoms with Crippen molar-refractivity contribution in [2.45, 2.75) is 12.8 Å². The zero-order valence-electron chi connectivity index (χ0n) is 10.9. The lowest BCUT2D eigenvalue weighted by molar-refractivity contribution is -0.125. The first-order chi connectivity index (χ1) is 9.11. The van der Waals surface area contributed by atoms with Gasteiger partial charge in [0.15, 0.2) is 0 Å². The first-order valence-corrected chi connectivity index (χ1v) is 6.41. The SMILES string of the molecule is CNC(=O)C1CCCN(C(=O)c2cccc(O)c2)C1. The van der Waals surface area contributed by atoms with Gasteiger partial charge in [-0.15, -0.1) is 0 Å². The Kier molecular flexibility index (Phi) is 4.04. The largest absolute Gasteiger partial charge is 0.508 e. The van der Waals surface area contributed by atoms with Crippen molar-refractivity contribution >= 4 is 11.8 Å². The number of carbonyl (C=O) groups excluding carboxylic acids is 2. The van der Waals surface area contributed by atoms with Gasteiger partial charge in [-0.3, -0.25) is 9.59 Å². The minimum Gasteiger partial charge on any atom is -0.508 e. The number of hydrogen-bond donors (Lipinski definition) is 2. The van der Waals surface area contributed by atoms with E-state index in [9.17, 15) is 14.7 Å². The van der Waals surface area contributed by atoms with E-state index in [0.29, 0.717) is 18.7 Å². The highest BCUT2D eigenvalue weighted by atomic mass is 16.3. The van der Waals surface area contributed by atoms with Crippen LogP contribution in [0.15, 0.2) is 24.3 Å². The summed E-state index contributed by atoms with van der Waals surface area (Å²) in [4.78, 5) is 25.6. The van der Waals surface area contributed by atoms with Crippen molar-refractivity contribution in [2.24, 2.45) is 5.92 Å². The molecule has 0 spiro atoms. The summed E-state index contributed by atoms with van der Waals surface area (Å²) in [6.07, 6.45) is 1.63. The summed E-state index contributed by atoms with van der Waals surface area (Å²) in [5.41, 5.74) is 0.456. The van der Waals surface area contributed by atoms with E-state index in [1.54, 1.807) is 24.1 Å². The van der Waals surface area contributed by atoms with Crippen LogP contribution in [-0.2, 0) is 4.79 Å². The number of hydrogen-bond acceptors (Lipinski definition) is 3. The summed E-state index contributed by atoms with van der Waals surface area (Å²) < 4.78 is 0. The third-order valence-corrected chi connectivity index (χ3v) is 3.42. The number of phenols is 1. The molecule has 0 radical (unpaired) electrons. The van der Waals surface area contributed by atoms with E-state index in [0.717, 1.165) is 12.8 Å². The number of amides is 2. The predicted molar refractivity (Wildman–Crippen MR) is 70.8 cm³/mol. The zero-order valence-corrected chi connectivity index (χ0v) is 10.9. The van der Waals surface area contributed by atoms with Crippen molar-refractivity contribution in [3.63, 3.8) is 0 Å². The molecule has 0 saturated carbocycles. The minimum atomic E-state index is -0.139. The van der Waals surface area contributed by atoms with E-state index in [-0.39, 0.29) is 23.5 Å². The van der Waals surface area contributed by atoms with E-state index >= 15 is 0 Å². The molecule has 0 aliphatic carbocycles. The van der Waals surface area contributed by atoms with Crippen LogP contribution in [0.25, 0.3) is 0 Å². The van der Waals surface area contributed by atoms with Gasteiger partial charge in [0.25, 0.3) is 5.91 Å². The molecule has 0 bridgehead atoms. The first-order valence-electron chi connectivity index (χ1n) is 6.41. The average molecular weight is 262 g/mol. The molecule has 1 aliphatic heterocycles. The summed E-state index contributed by atoms with van der Waals surface area (Å²) in [5.74, 6) is -0.219. The fourth-order valence-corrected chi connectivity index (χ4v) is 2.40. The van der Waals surface area contributed by atoms with Gasteiger partial charge in [0.2, 0.25) is 5.91 Å². The summed E-state index contributed by atoms with van der Waals surface area (Å²) in [6.45, 7) is 1.09. The summed E-state index contributed by atoms with van der Waals surface area (Å²) in [7, 11) is 1.61. The number of piperidine rings is 1. The van der Waals surface area contributed by atoms with Crippen LogP contribution in [0, 0.1) is 5.92 Å². The predicted octanol–water partition coefficient (Wildman–Crippen LogP) is 0.990. The highest BCUT2D eigenvalue weighted by Crippen LogP contribution is 2.20. The summed E-state index contributed by atoms with van der Waals surface area (Å²) in [5, 5.41) is 12.0. The standard InChI is InChI=1S/C14H18N2O3/c1-15-13(18)11-5-3-7-16(9-11)14(19)10-4-2-6-12(17)8-10/h2,4,6,8,11,17H,3,5,7,9H2,1H3,(H,15,18). The lowest BCUT2D eigenvalue weighted by Gasteiger charge is -2.31. The molecule has 1 heterocycles. The Labute approximate surface area is 112 Å². The van der Waals surface area contributed by atoms with Crippen molar-refractivity contribution < 1.29 is 14.7 Å². The number of nitrogens with zero attached hydrogens (tertiary/aromatic N) is 1. The molecule has 1 aromatic rings. The maximum absolute atomic E-state index is 12.3. The van der Waals surface area contributed by atoms with Gasteiger partial charge < -0.3 is 15.3 Å². The van der Waals surface area contributed by atoms with Crippen molar-refractivity contribution in [3.8, 4) is 5.75 Å². The number of likely N-dealkylation sites (tertiary alicyclic amines) is 1. The Morgan fingerprint density at radius 2 is 2.21 bits per heavy atom. The van der Waals surface area contributed by atoms with Crippen LogP contribution in [0.4, 0.5) is 0 Å². The number of phenolic OH excluding ortho intramolecular Hbond substituents is 1. The Morgan fingerprint density at radius 3 is 2.89 bits per heavy atom. The molecule has 2 amide bonds. The Balaban J connectivity index is 2.09.